The highest BCUT2D eigenvalue weighted by atomic mass is 35.5. The molecule has 0 bridgehead atoms. The van der Waals surface area contributed by atoms with Crippen LogP contribution in [-0.2, 0) is 25.4 Å². The second-order valence-electron chi connectivity index (χ2n) is 12.6. The van der Waals surface area contributed by atoms with Crippen LogP contribution in [0.3, 0.4) is 0 Å². The molecular formula is C30H46ClN3O13. The Kier molecular flexibility index (Phi) is 11.5. The molecule has 17 heteroatoms. The van der Waals surface area contributed by atoms with E-state index in [9.17, 15) is 40.5 Å². The molecule has 0 aliphatic carbocycles. The lowest BCUT2D eigenvalue weighted by Gasteiger charge is -2.48. The number of amides is 1. The number of hydrogen-bond acceptors (Lipinski definition) is 15. The number of hydrogen-bond donors (Lipinski definition) is 8. The number of carbonyl (C=O) groups is 1. The minimum atomic E-state index is -2.19. The second-order valence-corrected chi connectivity index (χ2v) is 13.0. The number of ether oxygens (including phenoxy) is 5. The Morgan fingerprint density at radius 1 is 1.13 bits per heavy atom. The van der Waals surface area contributed by atoms with Crippen LogP contribution in [-0.4, -0.2) is 172 Å². The molecule has 4 aliphatic heterocycles. The summed E-state index contributed by atoms with van der Waals surface area (Å²) in [7, 11) is 1.63. The molecule has 1 aromatic rings. The van der Waals surface area contributed by atoms with Crippen molar-refractivity contribution >= 4 is 23.2 Å². The van der Waals surface area contributed by atoms with E-state index < -0.39 is 86.5 Å². The molecule has 4 heterocycles. The summed E-state index contributed by atoms with van der Waals surface area (Å²) >= 11 is 6.46. The molecule has 0 aromatic heterocycles. The standard InChI is InChI=1S/C30H46ClN3O13/c1-14(43-2)10-33-6-3-15(4-7-33)34(28(42)17-9-18(31)21(32)16-5-8-44-25(16)17)30(13-37)27(41)26(20(12-36)47-30)46-29-24(40)23(39)22(38)19(11-35)45-29/h9,14-15,19-20,22-24,26-27,29,35-41H,3-8,10-13,32H2,1-2H3/t14?,19-,20-,22+,23+,24-,26-,27+,29+,30?/m0/s1. The number of fused-ring (bicyclic) bond motifs is 1. The SMILES string of the molecule is COC(C)CN1CCC(N(C(=O)c2cc(Cl)c(N)c3c2OCC3)C2(CO)O[C@@H](CO)[C@H](O[C@H]3O[C@@H](CO)[C@@H](O)[C@@H](O)[C@@H]3O)[C@H]2O)CC1. The molecule has 4 aliphatic rings. The van der Waals surface area contributed by atoms with E-state index in [1.165, 1.54) is 11.0 Å². The zero-order valence-corrected chi connectivity index (χ0v) is 27.1. The fourth-order valence-corrected chi connectivity index (χ4v) is 7.23. The van der Waals surface area contributed by atoms with Gasteiger partial charge in [0.1, 0.15) is 48.5 Å². The monoisotopic (exact) mass is 691 g/mol. The van der Waals surface area contributed by atoms with Crippen LogP contribution in [0.1, 0.15) is 35.7 Å². The molecule has 0 spiro atoms. The number of nitrogen functional groups attached to an aromatic ring is 1. The first-order valence-electron chi connectivity index (χ1n) is 15.8. The van der Waals surface area contributed by atoms with Crippen LogP contribution >= 0.6 is 11.6 Å². The van der Waals surface area contributed by atoms with Crippen LogP contribution in [0.4, 0.5) is 5.69 Å². The highest BCUT2D eigenvalue weighted by Crippen LogP contribution is 2.44. The maximum atomic E-state index is 14.7. The van der Waals surface area contributed by atoms with Gasteiger partial charge >= 0.3 is 0 Å². The highest BCUT2D eigenvalue weighted by molar-refractivity contribution is 6.33. The highest BCUT2D eigenvalue weighted by Gasteiger charge is 2.62. The van der Waals surface area contributed by atoms with E-state index in [0.717, 1.165) is 0 Å². The van der Waals surface area contributed by atoms with Gasteiger partial charge in [-0.25, -0.2) is 0 Å². The quantitative estimate of drug-likeness (QED) is 0.111. The maximum absolute atomic E-state index is 14.7. The summed E-state index contributed by atoms with van der Waals surface area (Å²) in [5.74, 6) is -0.436. The summed E-state index contributed by atoms with van der Waals surface area (Å²) in [6.45, 7) is 1.55. The zero-order valence-electron chi connectivity index (χ0n) is 26.4. The molecule has 16 nitrogen and oxygen atoms in total. The van der Waals surface area contributed by atoms with Crippen molar-refractivity contribution in [2.45, 2.75) is 93.1 Å². The predicted octanol–water partition coefficient (Wildman–Crippen LogP) is -2.58. The fraction of sp³-hybridized carbons (Fsp3) is 0.767. The number of likely N-dealkylation sites (tertiary alicyclic amines) is 1. The number of piperidine rings is 1. The minimum Gasteiger partial charge on any atom is -0.492 e. The van der Waals surface area contributed by atoms with E-state index in [1.807, 2.05) is 6.92 Å². The van der Waals surface area contributed by atoms with E-state index in [2.05, 4.69) is 4.90 Å². The average Bonchev–Trinajstić information content (AvgIpc) is 3.67. The lowest BCUT2D eigenvalue weighted by atomic mass is 9.93. The molecule has 0 radical (unpaired) electrons. The summed E-state index contributed by atoms with van der Waals surface area (Å²) in [6.07, 6.45) is -11.8. The van der Waals surface area contributed by atoms with Gasteiger partial charge in [0, 0.05) is 44.8 Å². The second kappa shape index (κ2) is 14.9. The molecule has 10 atom stereocenters. The lowest BCUT2D eigenvalue weighted by Crippen LogP contribution is -2.66. The van der Waals surface area contributed by atoms with Gasteiger partial charge in [-0.05, 0) is 25.8 Å². The lowest BCUT2D eigenvalue weighted by molar-refractivity contribution is -0.318. The molecule has 47 heavy (non-hydrogen) atoms. The van der Waals surface area contributed by atoms with Gasteiger partial charge in [-0.1, -0.05) is 11.6 Å². The van der Waals surface area contributed by atoms with Gasteiger partial charge in [0.05, 0.1) is 48.8 Å². The third-order valence-electron chi connectivity index (χ3n) is 9.71. The number of nitrogens with zero attached hydrogens (tertiary/aromatic N) is 2. The van der Waals surface area contributed by atoms with E-state index in [4.69, 9.17) is 41.0 Å². The fourth-order valence-electron chi connectivity index (χ4n) is 7.00. The van der Waals surface area contributed by atoms with Crippen molar-refractivity contribution < 1.29 is 64.2 Å². The van der Waals surface area contributed by atoms with Crippen molar-refractivity contribution in [2.75, 3.05) is 58.9 Å². The molecule has 0 saturated carbocycles. The summed E-state index contributed by atoms with van der Waals surface area (Å²) in [4.78, 5) is 18.2. The topological polar surface area (TPSA) is 237 Å². The first kappa shape index (κ1) is 36.4. The van der Waals surface area contributed by atoms with E-state index >= 15 is 0 Å². The predicted molar refractivity (Wildman–Crippen MR) is 164 cm³/mol. The molecule has 266 valence electrons. The number of carbonyl (C=O) groups excluding carboxylic acids is 1. The van der Waals surface area contributed by atoms with Crippen molar-refractivity contribution in [3.8, 4) is 5.75 Å². The van der Waals surface area contributed by atoms with Crippen molar-refractivity contribution in [3.63, 3.8) is 0 Å². The van der Waals surface area contributed by atoms with Crippen LogP contribution in [0.25, 0.3) is 0 Å². The third kappa shape index (κ3) is 6.69. The maximum Gasteiger partial charge on any atom is 0.260 e. The van der Waals surface area contributed by atoms with E-state index in [-0.39, 0.29) is 34.7 Å². The zero-order chi connectivity index (χ0) is 34.2. The van der Waals surface area contributed by atoms with Gasteiger partial charge < -0.3 is 75.0 Å². The van der Waals surface area contributed by atoms with Crippen molar-refractivity contribution in [3.05, 3.63) is 22.2 Å². The van der Waals surface area contributed by atoms with Gasteiger partial charge in [0.15, 0.2) is 12.0 Å². The number of aliphatic hydroxyl groups excluding tert-OH is 7. The Morgan fingerprint density at radius 3 is 2.43 bits per heavy atom. The van der Waals surface area contributed by atoms with E-state index in [0.29, 0.717) is 44.5 Å². The smallest absolute Gasteiger partial charge is 0.260 e. The number of aliphatic hydroxyl groups is 7. The van der Waals surface area contributed by atoms with Crippen molar-refractivity contribution in [2.24, 2.45) is 0 Å². The normalized spacial score (nSPS) is 35.4. The summed E-state index contributed by atoms with van der Waals surface area (Å²) in [6, 6.07) is 0.779. The van der Waals surface area contributed by atoms with Gasteiger partial charge in [-0.15, -0.1) is 0 Å². The molecule has 1 aromatic carbocycles. The van der Waals surface area contributed by atoms with Crippen molar-refractivity contribution in [1.82, 2.24) is 9.80 Å². The molecule has 9 N–H and O–H groups in total. The van der Waals surface area contributed by atoms with Crippen LogP contribution in [0.2, 0.25) is 5.02 Å². The molecule has 3 saturated heterocycles. The average molecular weight is 692 g/mol. The van der Waals surface area contributed by atoms with Crippen LogP contribution in [0, 0.1) is 0 Å². The number of methoxy groups -OCH3 is 1. The number of anilines is 1. The Bertz CT molecular complexity index is 1250. The Hall–Kier alpha value is -1.90. The molecule has 5 rings (SSSR count). The molecule has 1 amide bonds. The van der Waals surface area contributed by atoms with Crippen LogP contribution in [0.15, 0.2) is 6.07 Å². The Labute approximate surface area is 277 Å². The first-order chi connectivity index (χ1) is 22.4. The van der Waals surface area contributed by atoms with Gasteiger partial charge in [0.2, 0.25) is 0 Å². The largest absolute Gasteiger partial charge is 0.492 e. The Morgan fingerprint density at radius 2 is 1.81 bits per heavy atom. The number of nitrogens with two attached hydrogens (primary N) is 1. The summed E-state index contributed by atoms with van der Waals surface area (Å²) in [5, 5.41) is 74.2. The van der Waals surface area contributed by atoms with Crippen LogP contribution < -0.4 is 10.5 Å². The van der Waals surface area contributed by atoms with Gasteiger partial charge in [-0.3, -0.25) is 4.79 Å². The summed E-state index contributed by atoms with van der Waals surface area (Å²) in [5.41, 5.74) is 4.90. The van der Waals surface area contributed by atoms with Crippen LogP contribution in [0.5, 0.6) is 5.75 Å². The van der Waals surface area contributed by atoms with Gasteiger partial charge in [0.25, 0.3) is 5.91 Å². The van der Waals surface area contributed by atoms with Gasteiger partial charge in [-0.2, -0.15) is 0 Å². The molecular weight excluding hydrogens is 646 g/mol. The minimum absolute atomic E-state index is 0.0321. The molecule has 2 unspecified atom stereocenters. The summed E-state index contributed by atoms with van der Waals surface area (Å²) < 4.78 is 28.8. The number of halogens is 1. The Balaban J connectivity index is 1.51. The number of benzene rings is 1. The third-order valence-corrected chi connectivity index (χ3v) is 10.0. The van der Waals surface area contributed by atoms with Crippen molar-refractivity contribution in [1.29, 1.82) is 0 Å². The number of rotatable bonds is 11. The molecule has 3 fully saturated rings. The van der Waals surface area contributed by atoms with E-state index in [1.54, 1.807) is 7.11 Å². The first-order valence-corrected chi connectivity index (χ1v) is 16.2.